The Balaban J connectivity index is 1.47. The van der Waals surface area contributed by atoms with E-state index in [9.17, 15) is 19.2 Å². The molecule has 0 saturated carbocycles. The minimum Gasteiger partial charge on any atom is -0.457 e. The second-order valence-electron chi connectivity index (χ2n) is 13.4. The Morgan fingerprint density at radius 3 is 1.24 bits per heavy atom. The summed E-state index contributed by atoms with van der Waals surface area (Å²) in [5.74, 6) is -3.72. The fourth-order valence-electron chi connectivity index (χ4n) is 6.95. The summed E-state index contributed by atoms with van der Waals surface area (Å²) in [6.45, 7) is 0.580. The highest BCUT2D eigenvalue weighted by atomic mass is 16.5. The lowest BCUT2D eigenvalue weighted by molar-refractivity contribution is 0.0392. The zero-order valence-corrected chi connectivity index (χ0v) is 30.7. The zero-order valence-electron chi connectivity index (χ0n) is 30.7. The predicted octanol–water partition coefficient (Wildman–Crippen LogP) is 7.59. The van der Waals surface area contributed by atoms with Gasteiger partial charge < -0.3 is 28.4 Å². The molecule has 55 heavy (non-hydrogen) atoms. The van der Waals surface area contributed by atoms with Crippen molar-refractivity contribution in [3.63, 3.8) is 0 Å². The van der Waals surface area contributed by atoms with Crippen molar-refractivity contribution >= 4 is 34.8 Å². The average molecular weight is 737 g/mol. The van der Waals surface area contributed by atoms with Crippen molar-refractivity contribution in [3.05, 3.63) is 177 Å². The van der Waals surface area contributed by atoms with Gasteiger partial charge in [-0.25, -0.2) is 19.2 Å². The fraction of sp³-hybridized carbons (Fsp3) is 0.200. The molecule has 10 nitrogen and oxygen atoms in total. The molecule has 5 aromatic carbocycles. The van der Waals surface area contributed by atoms with E-state index in [-0.39, 0.29) is 43.1 Å². The minimum absolute atomic E-state index is 0.105. The summed E-state index contributed by atoms with van der Waals surface area (Å²) < 4.78 is 25.4. The van der Waals surface area contributed by atoms with E-state index in [0.29, 0.717) is 36.0 Å². The molecule has 6 aromatic rings. The van der Waals surface area contributed by atoms with Crippen molar-refractivity contribution in [2.75, 3.05) is 13.6 Å². The van der Waals surface area contributed by atoms with Crippen LogP contribution in [-0.2, 0) is 65.4 Å². The maximum atomic E-state index is 14.6. The first-order valence-corrected chi connectivity index (χ1v) is 18.0. The molecule has 0 radical (unpaired) electrons. The van der Waals surface area contributed by atoms with Gasteiger partial charge in [-0.15, -0.1) is 0 Å². The summed E-state index contributed by atoms with van der Waals surface area (Å²) in [6, 6.07) is 36.3. The molecule has 0 aliphatic carbocycles. The predicted molar refractivity (Wildman–Crippen MR) is 205 cm³/mol. The largest absolute Gasteiger partial charge is 0.457 e. The highest BCUT2D eigenvalue weighted by Crippen LogP contribution is 2.40. The van der Waals surface area contributed by atoms with Crippen LogP contribution < -0.4 is 0 Å². The average Bonchev–Trinajstić information content (AvgIpc) is 3.51. The number of nitrogens with zero attached hydrogens (tertiary/aromatic N) is 2. The molecule has 1 aliphatic rings. The van der Waals surface area contributed by atoms with Crippen molar-refractivity contribution in [1.29, 1.82) is 0 Å². The van der Waals surface area contributed by atoms with Gasteiger partial charge >= 0.3 is 23.9 Å². The standard InChI is InChI=1S/C45H40N2O8/c1-46-24-23-34-35(25-46)47(2)41-36(34)37(42(48)52-26-30-15-7-3-8-16-30)38(43(49)53-27-31-17-9-4-10-18-31)39(44(50)54-28-32-19-11-5-12-20-32)40(41)45(51)55-29-33-21-13-6-14-22-33/h3-22H,23-29H2,1-2H3. The number of hydrogen-bond donors (Lipinski definition) is 0. The van der Waals surface area contributed by atoms with Crippen LogP contribution >= 0.6 is 0 Å². The summed E-state index contributed by atoms with van der Waals surface area (Å²) in [4.78, 5) is 60.6. The van der Waals surface area contributed by atoms with E-state index < -0.39 is 35.0 Å². The molecule has 0 amide bonds. The molecule has 1 aromatic heterocycles. The second kappa shape index (κ2) is 16.7. The molecular formula is C45H40N2O8. The first kappa shape index (κ1) is 36.8. The Morgan fingerprint density at radius 1 is 0.491 bits per heavy atom. The third-order valence-electron chi connectivity index (χ3n) is 9.69. The van der Waals surface area contributed by atoms with Gasteiger partial charge in [0.1, 0.15) is 26.4 Å². The van der Waals surface area contributed by atoms with E-state index >= 15 is 0 Å². The van der Waals surface area contributed by atoms with Crippen LogP contribution in [0.15, 0.2) is 121 Å². The van der Waals surface area contributed by atoms with Crippen LogP contribution in [0.25, 0.3) is 10.9 Å². The van der Waals surface area contributed by atoms with Crippen LogP contribution in [0.5, 0.6) is 0 Å². The number of benzene rings is 5. The lowest BCUT2D eigenvalue weighted by atomic mass is 9.89. The van der Waals surface area contributed by atoms with Crippen molar-refractivity contribution in [1.82, 2.24) is 9.47 Å². The Hall–Kier alpha value is -6.52. The van der Waals surface area contributed by atoms with Crippen LogP contribution in [0, 0.1) is 0 Å². The van der Waals surface area contributed by atoms with Gasteiger partial charge in [-0.3, -0.25) is 0 Å². The summed E-state index contributed by atoms with van der Waals surface area (Å²) in [5.41, 5.74) is 3.42. The van der Waals surface area contributed by atoms with Gasteiger partial charge in [0.05, 0.1) is 27.8 Å². The van der Waals surface area contributed by atoms with E-state index in [0.717, 1.165) is 22.4 Å². The second-order valence-corrected chi connectivity index (χ2v) is 13.4. The molecular weight excluding hydrogens is 697 g/mol. The molecule has 7 rings (SSSR count). The zero-order chi connectivity index (χ0) is 38.3. The summed E-state index contributed by atoms with van der Waals surface area (Å²) in [5, 5.41) is 0.335. The van der Waals surface area contributed by atoms with Crippen molar-refractivity contribution in [2.45, 2.75) is 39.4 Å². The highest BCUT2D eigenvalue weighted by molar-refractivity contribution is 6.24. The first-order chi connectivity index (χ1) is 26.8. The molecule has 0 unspecified atom stereocenters. The smallest absolute Gasteiger partial charge is 0.341 e. The third-order valence-corrected chi connectivity index (χ3v) is 9.69. The Labute approximate surface area is 318 Å². The minimum atomic E-state index is -1.00. The maximum Gasteiger partial charge on any atom is 0.341 e. The Bertz CT molecular complexity index is 2340. The molecule has 0 bridgehead atoms. The molecule has 1 aliphatic heterocycles. The monoisotopic (exact) mass is 736 g/mol. The van der Waals surface area contributed by atoms with Gasteiger partial charge in [-0.1, -0.05) is 121 Å². The number of fused-ring (bicyclic) bond motifs is 3. The number of ether oxygens (including phenoxy) is 4. The SMILES string of the molecule is CN1CCc2c(n(C)c3c(C(=O)OCc4ccccc4)c(C(=O)OCc4ccccc4)c(C(=O)OCc4ccccc4)c(C(=O)OCc4ccccc4)c23)C1. The number of likely N-dealkylation sites (N-methyl/N-ethyl adjacent to an activating group) is 1. The van der Waals surface area contributed by atoms with E-state index in [1.165, 1.54) is 0 Å². The van der Waals surface area contributed by atoms with Crippen molar-refractivity contribution < 1.29 is 38.1 Å². The van der Waals surface area contributed by atoms with Gasteiger partial charge in [-0.2, -0.15) is 0 Å². The van der Waals surface area contributed by atoms with Crippen LogP contribution in [0.3, 0.4) is 0 Å². The van der Waals surface area contributed by atoms with Crippen molar-refractivity contribution in [3.8, 4) is 0 Å². The Kier molecular flexibility index (Phi) is 11.1. The normalized spacial score (nSPS) is 12.5. The molecule has 0 fully saturated rings. The third kappa shape index (κ3) is 8.05. The summed E-state index contributed by atoms with van der Waals surface area (Å²) in [6.07, 6.45) is 0.497. The van der Waals surface area contributed by atoms with E-state index in [2.05, 4.69) is 4.90 Å². The van der Waals surface area contributed by atoms with Crippen LogP contribution in [-0.4, -0.2) is 46.9 Å². The Morgan fingerprint density at radius 2 is 0.836 bits per heavy atom. The van der Waals surface area contributed by atoms with Gasteiger partial charge in [0.2, 0.25) is 0 Å². The highest BCUT2D eigenvalue weighted by Gasteiger charge is 2.40. The van der Waals surface area contributed by atoms with E-state index in [1.54, 1.807) is 48.0 Å². The van der Waals surface area contributed by atoms with Crippen LogP contribution in [0.2, 0.25) is 0 Å². The first-order valence-electron chi connectivity index (χ1n) is 18.0. The van der Waals surface area contributed by atoms with E-state index in [1.807, 2.05) is 92.0 Å². The lowest BCUT2D eigenvalue weighted by Crippen LogP contribution is -2.27. The number of carbonyl (C=O) groups is 4. The lowest BCUT2D eigenvalue weighted by Gasteiger charge is -2.23. The van der Waals surface area contributed by atoms with Crippen LogP contribution in [0.4, 0.5) is 0 Å². The molecule has 0 atom stereocenters. The fourth-order valence-corrected chi connectivity index (χ4v) is 6.95. The number of esters is 4. The molecule has 278 valence electrons. The molecule has 0 N–H and O–H groups in total. The molecule has 0 spiro atoms. The quantitative estimate of drug-likeness (QED) is 0.0926. The number of carbonyl (C=O) groups excluding carboxylic acids is 4. The van der Waals surface area contributed by atoms with Gasteiger partial charge in [0.25, 0.3) is 0 Å². The van der Waals surface area contributed by atoms with Gasteiger partial charge in [-0.05, 0) is 41.3 Å². The molecule has 0 saturated heterocycles. The number of hydrogen-bond acceptors (Lipinski definition) is 9. The van der Waals surface area contributed by atoms with Gasteiger partial charge in [0.15, 0.2) is 0 Å². The van der Waals surface area contributed by atoms with E-state index in [4.69, 9.17) is 18.9 Å². The summed E-state index contributed by atoms with van der Waals surface area (Å²) in [7, 11) is 3.75. The van der Waals surface area contributed by atoms with Crippen molar-refractivity contribution in [2.24, 2.45) is 7.05 Å². The number of aryl methyl sites for hydroxylation is 1. The molecule has 10 heteroatoms. The summed E-state index contributed by atoms with van der Waals surface area (Å²) >= 11 is 0. The molecule has 2 heterocycles. The number of aromatic nitrogens is 1. The van der Waals surface area contributed by atoms with Gasteiger partial charge in [0, 0.05) is 31.2 Å². The number of rotatable bonds is 12. The maximum absolute atomic E-state index is 14.6. The topological polar surface area (TPSA) is 113 Å². The van der Waals surface area contributed by atoms with Crippen LogP contribution in [0.1, 0.15) is 74.9 Å².